The number of hydrogen-bond acceptors (Lipinski definition) is 7. The normalized spacial score (nSPS) is 19.1. The molecule has 0 aliphatic carbocycles. The van der Waals surface area contributed by atoms with E-state index in [1.54, 1.807) is 12.4 Å². The van der Waals surface area contributed by atoms with Gasteiger partial charge in [-0.15, -0.1) is 0 Å². The van der Waals surface area contributed by atoms with Crippen molar-refractivity contribution < 1.29 is 18.7 Å². The molecule has 1 atom stereocenters. The Morgan fingerprint density at radius 3 is 2.91 bits per heavy atom. The second-order valence-corrected chi connectivity index (χ2v) is 8.62. The molecule has 1 unspecified atom stereocenters. The van der Waals surface area contributed by atoms with E-state index in [4.69, 9.17) is 15.2 Å². The van der Waals surface area contributed by atoms with E-state index >= 15 is 4.39 Å². The number of carbonyl (C=O) groups excluding carboxylic acids is 1. The number of ether oxygens (including phenoxy) is 2. The smallest absolute Gasteiger partial charge is 0.202 e. The Morgan fingerprint density at radius 1 is 1.36 bits per heavy atom. The minimum atomic E-state index is -0.752. The van der Waals surface area contributed by atoms with Crippen molar-refractivity contribution in [3.63, 3.8) is 0 Å². The predicted octanol–water partition coefficient (Wildman–Crippen LogP) is 2.87. The lowest BCUT2D eigenvalue weighted by molar-refractivity contribution is 0.0987. The molecule has 33 heavy (non-hydrogen) atoms. The van der Waals surface area contributed by atoms with Crippen LogP contribution in [0.4, 0.5) is 15.8 Å². The number of halogens is 1. The zero-order valence-corrected chi connectivity index (χ0v) is 18.3. The highest BCUT2D eigenvalue weighted by molar-refractivity contribution is 6.04. The molecular weight excluding hydrogens is 427 g/mol. The number of aryl methyl sites for hydroxylation is 1. The zero-order chi connectivity index (χ0) is 23.2. The molecule has 0 saturated carbocycles. The van der Waals surface area contributed by atoms with Gasteiger partial charge in [-0.2, -0.15) is 0 Å². The highest BCUT2D eigenvalue weighted by Gasteiger charge is 2.43. The summed E-state index contributed by atoms with van der Waals surface area (Å²) in [6.45, 7) is 2.90. The standard InChI is InChI=1S/C24H25FN4O4/c1-14(30)16-11-29-21-17(22(16)31)19(26)18(25)20(23(21)33-13-24(29)7-10-32-12-24)28-9-4-6-15-5-2-3-8-27-15/h2-3,5,8,11,28H,4,6-7,9-10,12-13,26H2,1H3. The lowest BCUT2D eigenvalue weighted by Crippen LogP contribution is -2.44. The summed E-state index contributed by atoms with van der Waals surface area (Å²) in [4.78, 5) is 29.6. The summed E-state index contributed by atoms with van der Waals surface area (Å²) in [5.41, 5.74) is 6.14. The van der Waals surface area contributed by atoms with Crippen LogP contribution < -0.4 is 21.2 Å². The number of pyridine rings is 2. The molecule has 1 saturated heterocycles. The number of anilines is 2. The first-order chi connectivity index (χ1) is 15.9. The van der Waals surface area contributed by atoms with Gasteiger partial charge in [0.1, 0.15) is 17.8 Å². The van der Waals surface area contributed by atoms with E-state index in [-0.39, 0.29) is 34.7 Å². The molecule has 1 spiro atoms. The minimum absolute atomic E-state index is 0.0243. The number of aromatic nitrogens is 2. The fourth-order valence-corrected chi connectivity index (χ4v) is 4.68. The van der Waals surface area contributed by atoms with Gasteiger partial charge in [0.05, 0.1) is 28.8 Å². The number of nitrogens with two attached hydrogens (primary N) is 1. The van der Waals surface area contributed by atoms with Crippen LogP contribution in [0.2, 0.25) is 0 Å². The number of nitrogens with one attached hydrogen (secondary N) is 1. The monoisotopic (exact) mass is 452 g/mol. The highest BCUT2D eigenvalue weighted by atomic mass is 19.1. The maximum Gasteiger partial charge on any atom is 0.202 e. The van der Waals surface area contributed by atoms with Crippen LogP contribution in [0.15, 0.2) is 35.4 Å². The van der Waals surface area contributed by atoms with Crippen molar-refractivity contribution in [2.75, 3.05) is 37.4 Å². The molecule has 3 aromatic rings. The molecule has 172 valence electrons. The van der Waals surface area contributed by atoms with E-state index in [0.29, 0.717) is 38.1 Å². The quantitative estimate of drug-likeness (QED) is 0.336. The second-order valence-electron chi connectivity index (χ2n) is 8.62. The van der Waals surface area contributed by atoms with Crippen LogP contribution in [-0.4, -0.2) is 41.7 Å². The van der Waals surface area contributed by atoms with Crippen LogP contribution in [0.25, 0.3) is 10.9 Å². The Bertz CT molecular complexity index is 1300. The highest BCUT2D eigenvalue weighted by Crippen LogP contribution is 2.46. The number of Topliss-reactive ketones (excluding diaryl/α,β-unsaturated/α-hetero) is 1. The number of nitrogens with zero attached hydrogens (tertiary/aromatic N) is 2. The molecule has 1 fully saturated rings. The van der Waals surface area contributed by atoms with Crippen molar-refractivity contribution >= 4 is 28.1 Å². The summed E-state index contributed by atoms with van der Waals surface area (Å²) < 4.78 is 29.0. The molecule has 8 nitrogen and oxygen atoms in total. The first-order valence-electron chi connectivity index (χ1n) is 11.0. The fraction of sp³-hybridized carbons (Fsp3) is 0.375. The largest absolute Gasteiger partial charge is 0.487 e. The third-order valence-corrected chi connectivity index (χ3v) is 6.47. The van der Waals surface area contributed by atoms with Gasteiger partial charge in [0.25, 0.3) is 0 Å². The average Bonchev–Trinajstić information content (AvgIpc) is 3.28. The van der Waals surface area contributed by atoms with Crippen LogP contribution in [0.3, 0.4) is 0 Å². The van der Waals surface area contributed by atoms with Crippen molar-refractivity contribution in [2.24, 2.45) is 0 Å². The number of benzene rings is 1. The molecule has 2 aliphatic heterocycles. The van der Waals surface area contributed by atoms with Crippen LogP contribution in [-0.2, 0) is 16.7 Å². The maximum atomic E-state index is 15.4. The lowest BCUT2D eigenvalue weighted by atomic mass is 9.94. The average molecular weight is 452 g/mol. The van der Waals surface area contributed by atoms with Crippen molar-refractivity contribution in [2.45, 2.75) is 31.7 Å². The van der Waals surface area contributed by atoms with Gasteiger partial charge in [0.2, 0.25) is 5.43 Å². The molecule has 2 aromatic heterocycles. The molecule has 1 aromatic carbocycles. The SMILES string of the molecule is CC(=O)c1cn2c3c(c(NCCCc4ccccn4)c(F)c(N)c3c1=O)OCC21CCOC1. The third-order valence-electron chi connectivity index (χ3n) is 6.47. The van der Waals surface area contributed by atoms with Crippen molar-refractivity contribution in [1.29, 1.82) is 0 Å². The van der Waals surface area contributed by atoms with Crippen LogP contribution in [0.1, 0.15) is 35.8 Å². The predicted molar refractivity (Wildman–Crippen MR) is 123 cm³/mol. The van der Waals surface area contributed by atoms with Crippen molar-refractivity contribution in [1.82, 2.24) is 9.55 Å². The zero-order valence-electron chi connectivity index (χ0n) is 18.3. The molecule has 4 heterocycles. The van der Waals surface area contributed by atoms with E-state index in [1.807, 2.05) is 22.8 Å². The van der Waals surface area contributed by atoms with Crippen LogP contribution in [0.5, 0.6) is 5.75 Å². The number of hydrogen-bond donors (Lipinski definition) is 2. The van der Waals surface area contributed by atoms with Crippen LogP contribution in [0, 0.1) is 5.82 Å². The van der Waals surface area contributed by atoms with Gasteiger partial charge >= 0.3 is 0 Å². The Balaban J connectivity index is 1.60. The fourth-order valence-electron chi connectivity index (χ4n) is 4.68. The van der Waals surface area contributed by atoms with Gasteiger partial charge < -0.3 is 25.1 Å². The van der Waals surface area contributed by atoms with E-state index in [1.165, 1.54) is 6.92 Å². The molecule has 2 aliphatic rings. The molecule has 9 heteroatoms. The molecule has 5 rings (SSSR count). The number of ketones is 1. The van der Waals surface area contributed by atoms with E-state index in [0.717, 1.165) is 12.1 Å². The summed E-state index contributed by atoms with van der Waals surface area (Å²) in [7, 11) is 0. The Hall–Kier alpha value is -3.46. The summed E-state index contributed by atoms with van der Waals surface area (Å²) in [6, 6.07) is 5.72. The summed E-state index contributed by atoms with van der Waals surface area (Å²) in [5.74, 6) is -0.915. The second kappa shape index (κ2) is 8.15. The third kappa shape index (κ3) is 3.43. The minimum Gasteiger partial charge on any atom is -0.487 e. The molecular formula is C24H25FN4O4. The number of nitrogen functional groups attached to an aromatic ring is 1. The number of rotatable bonds is 6. The van der Waals surface area contributed by atoms with E-state index in [9.17, 15) is 9.59 Å². The molecule has 3 N–H and O–H groups in total. The Labute approximate surface area is 189 Å². The van der Waals surface area contributed by atoms with Crippen molar-refractivity contribution in [3.8, 4) is 5.75 Å². The lowest BCUT2D eigenvalue weighted by Gasteiger charge is -2.38. The van der Waals surface area contributed by atoms with E-state index < -0.39 is 22.6 Å². The van der Waals surface area contributed by atoms with Gasteiger partial charge in [-0.1, -0.05) is 6.07 Å². The number of fused-ring (bicyclic) bond motifs is 1. The van der Waals surface area contributed by atoms with Gasteiger partial charge in [0, 0.05) is 31.2 Å². The summed E-state index contributed by atoms with van der Waals surface area (Å²) >= 11 is 0. The maximum absolute atomic E-state index is 15.4. The first kappa shape index (κ1) is 21.4. The Kier molecular flexibility index (Phi) is 5.28. The van der Waals surface area contributed by atoms with Gasteiger partial charge in [-0.3, -0.25) is 14.6 Å². The summed E-state index contributed by atoms with van der Waals surface area (Å²) in [5, 5.41) is 3.08. The topological polar surface area (TPSA) is 108 Å². The molecule has 0 bridgehead atoms. The number of carbonyl (C=O) groups is 1. The molecule has 0 amide bonds. The van der Waals surface area contributed by atoms with Gasteiger partial charge in [-0.25, -0.2) is 4.39 Å². The van der Waals surface area contributed by atoms with Crippen LogP contribution >= 0.6 is 0 Å². The molecule has 0 radical (unpaired) electrons. The Morgan fingerprint density at radius 2 is 2.21 bits per heavy atom. The first-order valence-corrected chi connectivity index (χ1v) is 11.0. The van der Waals surface area contributed by atoms with Crippen molar-refractivity contribution in [3.05, 3.63) is 57.9 Å². The summed E-state index contributed by atoms with van der Waals surface area (Å²) in [6.07, 6.45) is 5.37. The van der Waals surface area contributed by atoms with Gasteiger partial charge in [-0.05, 0) is 38.3 Å². The van der Waals surface area contributed by atoms with E-state index in [2.05, 4.69) is 10.3 Å². The van der Waals surface area contributed by atoms with Gasteiger partial charge in [0.15, 0.2) is 17.3 Å².